The van der Waals surface area contributed by atoms with E-state index in [1.54, 1.807) is 36.4 Å². The number of nitrogens with two attached hydrogens (primary N) is 2. The molecule has 0 aliphatic carbocycles. The number of carbonyl (C=O) groups is 2. The molecule has 0 atom stereocenters. The van der Waals surface area contributed by atoms with Crippen molar-refractivity contribution in [1.82, 2.24) is 9.97 Å². The number of nitriles is 2. The molecule has 7 rings (SSSR count). The van der Waals surface area contributed by atoms with Crippen LogP contribution in [-0.4, -0.2) is 31.6 Å². The maximum Gasteiger partial charge on any atom is 0.269 e. The lowest BCUT2D eigenvalue weighted by molar-refractivity contribution is -0.385. The number of nitrogens with one attached hydrogen (secondary N) is 3. The van der Waals surface area contributed by atoms with E-state index in [-0.39, 0.29) is 47.0 Å². The quantitative estimate of drug-likeness (QED) is 0.0682. The average Bonchev–Trinajstić information content (AvgIpc) is 3.19. The summed E-state index contributed by atoms with van der Waals surface area (Å²) in [7, 11) is 0. The van der Waals surface area contributed by atoms with Crippen LogP contribution in [0.5, 0.6) is 0 Å². The number of non-ortho nitro benzene ring substituents is 2. The zero-order chi connectivity index (χ0) is 41.1. The Morgan fingerprint density at radius 2 is 1.05 bits per heavy atom. The Kier molecular flexibility index (Phi) is 10.3. The van der Waals surface area contributed by atoms with Crippen molar-refractivity contribution in [2.24, 2.45) is 0 Å². The lowest BCUT2D eigenvalue weighted by Gasteiger charge is -2.22. The number of benzene rings is 4. The summed E-state index contributed by atoms with van der Waals surface area (Å²) in [5.74, 6) is -0.945. The standard InChI is InChI=1S/C40H27N11O6S/c41-19-31-29(21-1-7-27(8-2-21)50(54)55)13-25(47-39(31)43)17-37(52)45-23-5-11-33-35(15-23)58-36-16-24(6-12-34(36)49-33)46-38(53)18-26-14-30(32(20-42)40(44)48-26)22-3-9-28(10-4-22)51(56)57/h1-16,49H,17-18H2,(H2,43,47)(H2,44,48)(H,45,52)(H,46,53). The molecular weight excluding hydrogens is 763 g/mol. The Hall–Kier alpha value is -8.35. The van der Waals surface area contributed by atoms with Crippen molar-refractivity contribution in [1.29, 1.82) is 10.5 Å². The summed E-state index contributed by atoms with van der Waals surface area (Å²) in [4.78, 5) is 57.6. The van der Waals surface area contributed by atoms with Crippen LogP contribution < -0.4 is 27.4 Å². The van der Waals surface area contributed by atoms with Crippen LogP contribution in [0.15, 0.2) is 107 Å². The summed E-state index contributed by atoms with van der Waals surface area (Å²) in [5.41, 5.74) is 17.1. The first kappa shape index (κ1) is 37.9. The monoisotopic (exact) mass is 789 g/mol. The Morgan fingerprint density at radius 1 is 0.655 bits per heavy atom. The number of amides is 2. The van der Waals surface area contributed by atoms with E-state index in [0.29, 0.717) is 45.0 Å². The van der Waals surface area contributed by atoms with Crippen LogP contribution in [0.3, 0.4) is 0 Å². The van der Waals surface area contributed by atoms with Gasteiger partial charge in [0.05, 0.1) is 45.5 Å². The minimum atomic E-state index is -0.529. The Bertz CT molecular complexity index is 2590. The molecule has 7 N–H and O–H groups in total. The van der Waals surface area contributed by atoms with Crippen molar-refractivity contribution in [2.75, 3.05) is 27.4 Å². The van der Waals surface area contributed by atoms with Gasteiger partial charge in [0.25, 0.3) is 11.4 Å². The number of rotatable bonds is 10. The summed E-state index contributed by atoms with van der Waals surface area (Å²) in [6.45, 7) is 0. The van der Waals surface area contributed by atoms with Crippen molar-refractivity contribution in [3.05, 3.63) is 140 Å². The summed E-state index contributed by atoms with van der Waals surface area (Å²) < 4.78 is 0. The van der Waals surface area contributed by atoms with E-state index in [1.165, 1.54) is 60.3 Å². The number of hydrogen-bond acceptors (Lipinski definition) is 14. The van der Waals surface area contributed by atoms with Gasteiger partial charge in [0.15, 0.2) is 0 Å². The number of fused-ring (bicyclic) bond motifs is 2. The zero-order valence-corrected chi connectivity index (χ0v) is 30.7. The van der Waals surface area contributed by atoms with Crippen LogP contribution in [-0.2, 0) is 22.4 Å². The normalized spacial score (nSPS) is 11.1. The van der Waals surface area contributed by atoms with Crippen molar-refractivity contribution >= 4 is 69.3 Å². The van der Waals surface area contributed by atoms with Gasteiger partial charge in [-0.1, -0.05) is 11.8 Å². The zero-order valence-electron chi connectivity index (χ0n) is 29.8. The fourth-order valence-corrected chi connectivity index (χ4v) is 7.28. The smallest absolute Gasteiger partial charge is 0.269 e. The fraction of sp³-hybridized carbons (Fsp3) is 0.0500. The number of anilines is 6. The fourth-order valence-electron chi connectivity index (χ4n) is 6.21. The van der Waals surface area contributed by atoms with Crippen LogP contribution in [0.25, 0.3) is 22.3 Å². The van der Waals surface area contributed by atoms with Crippen LogP contribution in [0.1, 0.15) is 22.5 Å². The molecular formula is C40H27N11O6S. The maximum absolute atomic E-state index is 13.2. The summed E-state index contributed by atoms with van der Waals surface area (Å²) in [6.07, 6.45) is -0.347. The molecule has 1 aliphatic rings. The maximum atomic E-state index is 13.2. The van der Waals surface area contributed by atoms with Gasteiger partial charge in [-0.15, -0.1) is 0 Å². The second-order valence-corrected chi connectivity index (χ2v) is 13.9. The van der Waals surface area contributed by atoms with E-state index in [1.807, 2.05) is 24.3 Å². The second-order valence-electron chi connectivity index (χ2n) is 12.8. The molecule has 18 heteroatoms. The van der Waals surface area contributed by atoms with Gasteiger partial charge in [0.2, 0.25) is 11.8 Å². The van der Waals surface area contributed by atoms with Crippen molar-refractivity contribution in [3.63, 3.8) is 0 Å². The molecule has 6 aromatic rings. The first-order valence-corrected chi connectivity index (χ1v) is 17.9. The molecule has 284 valence electrons. The number of pyridine rings is 2. The third kappa shape index (κ3) is 8.03. The van der Waals surface area contributed by atoms with E-state index >= 15 is 0 Å². The summed E-state index contributed by atoms with van der Waals surface area (Å²) in [6, 6.07) is 29.1. The number of hydrogen-bond donors (Lipinski definition) is 5. The van der Waals surface area contributed by atoms with Crippen LogP contribution in [0, 0.1) is 42.9 Å². The third-order valence-electron chi connectivity index (χ3n) is 8.91. The topological polar surface area (TPSA) is 282 Å². The first-order chi connectivity index (χ1) is 27.9. The average molecular weight is 790 g/mol. The molecule has 1 aliphatic heterocycles. The van der Waals surface area contributed by atoms with E-state index in [0.717, 1.165) is 21.2 Å². The highest BCUT2D eigenvalue weighted by Crippen LogP contribution is 2.46. The minimum absolute atomic E-state index is 0.0731. The number of carbonyl (C=O) groups excluding carboxylic acids is 2. The molecule has 0 fully saturated rings. The van der Waals surface area contributed by atoms with E-state index in [2.05, 4.69) is 25.9 Å². The predicted molar refractivity (Wildman–Crippen MR) is 216 cm³/mol. The van der Waals surface area contributed by atoms with Gasteiger partial charge in [0.1, 0.15) is 34.9 Å². The molecule has 0 spiro atoms. The lowest BCUT2D eigenvalue weighted by Crippen LogP contribution is -2.16. The first-order valence-electron chi connectivity index (χ1n) is 17.1. The van der Waals surface area contributed by atoms with E-state index in [9.17, 15) is 40.3 Å². The number of aromatic nitrogens is 2. The van der Waals surface area contributed by atoms with Gasteiger partial charge in [-0.05, 0) is 83.9 Å². The van der Waals surface area contributed by atoms with Crippen molar-refractivity contribution in [3.8, 4) is 34.4 Å². The van der Waals surface area contributed by atoms with Gasteiger partial charge >= 0.3 is 0 Å². The van der Waals surface area contributed by atoms with Gasteiger partial charge in [-0.25, -0.2) is 9.97 Å². The summed E-state index contributed by atoms with van der Waals surface area (Å²) >= 11 is 1.42. The SMILES string of the molecule is N#Cc1c(-c2ccc([N+](=O)[O-])cc2)cc(CC(=O)Nc2ccc3c(c2)Sc2cc(NC(=O)Cc4cc(-c5ccc([N+](=O)[O-])cc5)c(C#N)c(N)n4)ccc2N3)nc1N. The van der Waals surface area contributed by atoms with Crippen LogP contribution in [0.2, 0.25) is 0 Å². The number of nitro benzene ring substituents is 2. The van der Waals surface area contributed by atoms with E-state index < -0.39 is 21.7 Å². The van der Waals surface area contributed by atoms with Crippen molar-refractivity contribution in [2.45, 2.75) is 22.6 Å². The molecule has 2 aromatic heterocycles. The number of nitro groups is 2. The number of nitrogen functional groups attached to an aromatic ring is 2. The Labute approximate surface area is 332 Å². The molecule has 58 heavy (non-hydrogen) atoms. The molecule has 0 bridgehead atoms. The summed E-state index contributed by atoms with van der Waals surface area (Å²) in [5, 5.41) is 50.7. The molecule has 4 aromatic carbocycles. The highest BCUT2D eigenvalue weighted by Gasteiger charge is 2.21. The molecule has 0 radical (unpaired) electrons. The Morgan fingerprint density at radius 3 is 1.41 bits per heavy atom. The molecule has 0 saturated heterocycles. The Balaban J connectivity index is 1.02. The second kappa shape index (κ2) is 15.8. The highest BCUT2D eigenvalue weighted by molar-refractivity contribution is 7.99. The van der Waals surface area contributed by atoms with Gasteiger partial charge in [0, 0.05) is 56.6 Å². The van der Waals surface area contributed by atoms with E-state index in [4.69, 9.17) is 11.5 Å². The molecule has 3 heterocycles. The molecule has 0 unspecified atom stereocenters. The molecule has 0 saturated carbocycles. The van der Waals surface area contributed by atoms with Gasteiger partial charge in [-0.3, -0.25) is 29.8 Å². The van der Waals surface area contributed by atoms with Gasteiger partial charge < -0.3 is 27.4 Å². The third-order valence-corrected chi connectivity index (χ3v) is 10.0. The highest BCUT2D eigenvalue weighted by atomic mass is 32.2. The lowest BCUT2D eigenvalue weighted by atomic mass is 9.99. The molecule has 2 amide bonds. The molecule has 17 nitrogen and oxygen atoms in total. The van der Waals surface area contributed by atoms with Crippen LogP contribution >= 0.6 is 11.8 Å². The van der Waals surface area contributed by atoms with Gasteiger partial charge in [-0.2, -0.15) is 10.5 Å². The predicted octanol–water partition coefficient (Wildman–Crippen LogP) is 7.11. The van der Waals surface area contributed by atoms with Crippen LogP contribution in [0.4, 0.5) is 45.8 Å². The largest absolute Gasteiger partial charge is 0.383 e. The minimum Gasteiger partial charge on any atom is -0.383 e. The van der Waals surface area contributed by atoms with Crippen molar-refractivity contribution < 1.29 is 19.4 Å². The number of nitrogens with zero attached hydrogens (tertiary/aromatic N) is 6.